The molecule has 160 valence electrons. The van der Waals surface area contributed by atoms with Crippen molar-refractivity contribution in [1.82, 2.24) is 16.2 Å². The molecule has 0 unspecified atom stereocenters. The van der Waals surface area contributed by atoms with Crippen LogP contribution < -0.4 is 25.6 Å². The minimum atomic E-state index is -0.477. The van der Waals surface area contributed by atoms with Gasteiger partial charge in [0.25, 0.3) is 11.8 Å². The van der Waals surface area contributed by atoms with Gasteiger partial charge in [-0.05, 0) is 64.9 Å². The first-order chi connectivity index (χ1) is 14.4. The lowest BCUT2D eigenvalue weighted by atomic mass is 10.2. The highest BCUT2D eigenvalue weighted by molar-refractivity contribution is 9.10. The van der Waals surface area contributed by atoms with Gasteiger partial charge in [0.1, 0.15) is 18.1 Å². The number of amides is 2. The van der Waals surface area contributed by atoms with Gasteiger partial charge in [0.2, 0.25) is 0 Å². The molecular weight excluding hydrogens is 474 g/mol. The topological polar surface area (TPSA) is 97.9 Å². The number of carbonyl (C=O) groups is 2. The summed E-state index contributed by atoms with van der Waals surface area (Å²) in [6.07, 6.45) is 0. The van der Waals surface area contributed by atoms with Gasteiger partial charge in [0, 0.05) is 7.11 Å². The lowest BCUT2D eigenvalue weighted by molar-refractivity contribution is -0.123. The van der Waals surface area contributed by atoms with Crippen molar-refractivity contribution in [2.45, 2.75) is 6.92 Å². The smallest absolute Gasteiger partial charge is 0.276 e. The molecule has 0 aliphatic heterocycles. The average molecular weight is 496 g/mol. The van der Waals surface area contributed by atoms with Crippen molar-refractivity contribution in [3.05, 3.63) is 58.1 Å². The highest BCUT2D eigenvalue weighted by atomic mass is 79.9. The number of thiocarbonyl (C=S) groups is 1. The molecule has 2 amide bonds. The van der Waals surface area contributed by atoms with Crippen LogP contribution in [0.5, 0.6) is 11.5 Å². The van der Waals surface area contributed by atoms with Crippen LogP contribution in [0.25, 0.3) is 0 Å². The highest BCUT2D eigenvalue weighted by Crippen LogP contribution is 2.25. The first-order valence-electron chi connectivity index (χ1n) is 8.90. The van der Waals surface area contributed by atoms with Crippen LogP contribution in [0.2, 0.25) is 0 Å². The summed E-state index contributed by atoms with van der Waals surface area (Å²) in [5, 5.41) is 2.41. The van der Waals surface area contributed by atoms with E-state index in [1.807, 2.05) is 19.1 Å². The van der Waals surface area contributed by atoms with Gasteiger partial charge in [0.15, 0.2) is 11.7 Å². The standard InChI is InChI=1S/C20H22BrN3O5S/c1-13-7-8-17(15(21)11-13)29-12-18(25)23-24-20(30)22-19(26)14-5-3-4-6-16(14)28-10-9-27-2/h3-8,11H,9-10,12H2,1-2H3,(H,23,25)(H2,22,24,26,30). The Balaban J connectivity index is 1.80. The Bertz CT molecular complexity index is 910. The Hall–Kier alpha value is -2.69. The summed E-state index contributed by atoms with van der Waals surface area (Å²) < 4.78 is 16.7. The predicted molar refractivity (Wildman–Crippen MR) is 120 cm³/mol. The van der Waals surface area contributed by atoms with E-state index >= 15 is 0 Å². The zero-order valence-corrected chi connectivity index (χ0v) is 18.9. The normalized spacial score (nSPS) is 10.1. The molecule has 0 aromatic heterocycles. The minimum absolute atomic E-state index is 0.0726. The van der Waals surface area contributed by atoms with Crippen molar-refractivity contribution in [1.29, 1.82) is 0 Å². The molecule has 0 aliphatic carbocycles. The SMILES string of the molecule is COCCOc1ccccc1C(=O)NC(=S)NNC(=O)COc1ccc(C)cc1Br. The van der Waals surface area contributed by atoms with E-state index in [1.165, 1.54) is 0 Å². The van der Waals surface area contributed by atoms with Gasteiger partial charge < -0.3 is 14.2 Å². The van der Waals surface area contributed by atoms with E-state index in [0.29, 0.717) is 30.3 Å². The third-order valence-corrected chi connectivity index (χ3v) is 4.49. The number of ether oxygens (including phenoxy) is 3. The predicted octanol–water partition coefficient (Wildman–Crippen LogP) is 2.50. The number of hydrogen-bond acceptors (Lipinski definition) is 6. The Morgan fingerprint density at radius 3 is 2.53 bits per heavy atom. The number of methoxy groups -OCH3 is 1. The molecule has 30 heavy (non-hydrogen) atoms. The van der Waals surface area contributed by atoms with Crippen LogP contribution in [0.15, 0.2) is 46.9 Å². The van der Waals surface area contributed by atoms with Crippen LogP contribution >= 0.6 is 28.1 Å². The zero-order chi connectivity index (χ0) is 21.9. The van der Waals surface area contributed by atoms with E-state index < -0.39 is 11.8 Å². The molecule has 0 radical (unpaired) electrons. The molecule has 0 spiro atoms. The Labute approximate surface area is 188 Å². The fourth-order valence-corrected chi connectivity index (χ4v) is 3.00. The molecule has 10 heteroatoms. The molecule has 0 saturated heterocycles. The summed E-state index contributed by atoms with van der Waals surface area (Å²) in [7, 11) is 1.56. The van der Waals surface area contributed by atoms with Gasteiger partial charge in [-0.3, -0.25) is 25.8 Å². The maximum atomic E-state index is 12.4. The molecule has 0 heterocycles. The molecule has 0 atom stereocenters. The first kappa shape index (κ1) is 23.6. The molecule has 3 N–H and O–H groups in total. The van der Waals surface area contributed by atoms with Crippen molar-refractivity contribution in [3.8, 4) is 11.5 Å². The van der Waals surface area contributed by atoms with Gasteiger partial charge in [0.05, 0.1) is 16.6 Å². The van der Waals surface area contributed by atoms with Crippen LogP contribution in [0.3, 0.4) is 0 Å². The molecule has 0 saturated carbocycles. The third kappa shape index (κ3) is 7.62. The molecule has 8 nitrogen and oxygen atoms in total. The first-order valence-corrected chi connectivity index (χ1v) is 10.1. The van der Waals surface area contributed by atoms with E-state index in [-0.39, 0.29) is 11.7 Å². The van der Waals surface area contributed by atoms with Crippen LogP contribution in [0, 0.1) is 6.92 Å². The summed E-state index contributed by atoms with van der Waals surface area (Å²) >= 11 is 8.42. The van der Waals surface area contributed by atoms with Gasteiger partial charge in [-0.1, -0.05) is 18.2 Å². The largest absolute Gasteiger partial charge is 0.490 e. The second-order valence-electron chi connectivity index (χ2n) is 6.02. The molecular formula is C20H22BrN3O5S. The number of nitrogens with one attached hydrogen (secondary N) is 3. The number of hydrogen-bond donors (Lipinski definition) is 3. The van der Waals surface area contributed by atoms with E-state index in [9.17, 15) is 9.59 Å². The maximum absolute atomic E-state index is 12.4. The fraction of sp³-hybridized carbons (Fsp3) is 0.250. The number of para-hydroxylation sites is 1. The lowest BCUT2D eigenvalue weighted by Gasteiger charge is -2.14. The lowest BCUT2D eigenvalue weighted by Crippen LogP contribution is -2.49. The summed E-state index contributed by atoms with van der Waals surface area (Å²) in [5.74, 6) is -0.00959. The minimum Gasteiger partial charge on any atom is -0.490 e. The van der Waals surface area contributed by atoms with Crippen molar-refractivity contribution >= 4 is 45.1 Å². The fourth-order valence-electron chi connectivity index (χ4n) is 2.25. The van der Waals surface area contributed by atoms with E-state index in [2.05, 4.69) is 32.1 Å². The van der Waals surface area contributed by atoms with Crippen molar-refractivity contribution < 1.29 is 23.8 Å². The van der Waals surface area contributed by atoms with Gasteiger partial charge in [-0.2, -0.15) is 0 Å². The highest BCUT2D eigenvalue weighted by Gasteiger charge is 2.14. The van der Waals surface area contributed by atoms with Crippen LogP contribution in [0.1, 0.15) is 15.9 Å². The summed E-state index contributed by atoms with van der Waals surface area (Å²) in [4.78, 5) is 24.4. The summed E-state index contributed by atoms with van der Waals surface area (Å²) in [6.45, 7) is 2.41. The Kier molecular flexibility index (Phi) is 9.52. The Morgan fingerprint density at radius 2 is 1.80 bits per heavy atom. The van der Waals surface area contributed by atoms with Crippen LogP contribution in [-0.2, 0) is 9.53 Å². The van der Waals surface area contributed by atoms with Gasteiger partial charge >= 0.3 is 0 Å². The molecule has 0 bridgehead atoms. The summed E-state index contributed by atoms with van der Waals surface area (Å²) in [6, 6.07) is 12.2. The number of aryl methyl sites for hydroxylation is 1. The van der Waals surface area contributed by atoms with Crippen molar-refractivity contribution in [3.63, 3.8) is 0 Å². The van der Waals surface area contributed by atoms with Gasteiger partial charge in [-0.25, -0.2) is 0 Å². The second kappa shape index (κ2) is 12.1. The van der Waals surface area contributed by atoms with Crippen LogP contribution in [-0.4, -0.2) is 43.9 Å². The number of carbonyl (C=O) groups excluding carboxylic acids is 2. The quantitative estimate of drug-likeness (QED) is 0.294. The van der Waals surface area contributed by atoms with Crippen molar-refractivity contribution in [2.75, 3.05) is 26.9 Å². The number of hydrazine groups is 1. The van der Waals surface area contributed by atoms with E-state index in [0.717, 1.165) is 10.0 Å². The van der Waals surface area contributed by atoms with Crippen molar-refractivity contribution in [2.24, 2.45) is 0 Å². The molecule has 2 aromatic rings. The van der Waals surface area contributed by atoms with Crippen LogP contribution in [0.4, 0.5) is 0 Å². The molecule has 2 aromatic carbocycles. The zero-order valence-electron chi connectivity index (χ0n) is 16.5. The van der Waals surface area contributed by atoms with Gasteiger partial charge in [-0.15, -0.1) is 0 Å². The molecule has 0 aliphatic rings. The number of benzene rings is 2. The maximum Gasteiger partial charge on any atom is 0.276 e. The second-order valence-corrected chi connectivity index (χ2v) is 7.28. The van der Waals surface area contributed by atoms with E-state index in [1.54, 1.807) is 37.4 Å². The van der Waals surface area contributed by atoms with E-state index in [4.69, 9.17) is 26.4 Å². The average Bonchev–Trinajstić information content (AvgIpc) is 2.72. The Morgan fingerprint density at radius 1 is 1.03 bits per heavy atom. The monoisotopic (exact) mass is 495 g/mol. The molecule has 0 fully saturated rings. The summed E-state index contributed by atoms with van der Waals surface area (Å²) in [5.41, 5.74) is 6.19. The third-order valence-electron chi connectivity index (χ3n) is 3.67. The molecule has 2 rings (SSSR count). The number of rotatable bonds is 8. The number of halogens is 1.